The van der Waals surface area contributed by atoms with Crippen molar-refractivity contribution < 1.29 is 9.59 Å². The smallest absolute Gasteiger partial charge is 0.279 e. The van der Waals surface area contributed by atoms with Gasteiger partial charge in [-0.1, -0.05) is 44.2 Å². The van der Waals surface area contributed by atoms with Crippen LogP contribution in [0.25, 0.3) is 0 Å². The van der Waals surface area contributed by atoms with Gasteiger partial charge in [0.05, 0.1) is 0 Å². The van der Waals surface area contributed by atoms with Gasteiger partial charge in [0.2, 0.25) is 0 Å². The summed E-state index contributed by atoms with van der Waals surface area (Å²) in [7, 11) is 0. The first kappa shape index (κ1) is 10.6. The quantitative estimate of drug-likeness (QED) is 0.286. The van der Waals surface area contributed by atoms with Gasteiger partial charge in [-0.05, 0) is 0 Å². The maximum atomic E-state index is 10.7. The van der Waals surface area contributed by atoms with E-state index >= 15 is 0 Å². The number of rotatable bonds is 2. The van der Waals surface area contributed by atoms with Gasteiger partial charge in [-0.15, -0.1) is 0 Å². The Morgan fingerprint density at radius 1 is 1.25 bits per heavy atom. The molecule has 2 heteroatoms. The summed E-state index contributed by atoms with van der Waals surface area (Å²) in [6.07, 6.45) is 0.565. The molecule has 0 saturated heterocycles. The molecule has 1 aromatic carbocycles. The Labute approximate surface area is 72.2 Å². The zero-order chi connectivity index (χ0) is 9.40. The molecule has 12 heavy (non-hydrogen) atoms. The number of ketones is 1. The van der Waals surface area contributed by atoms with Crippen LogP contribution >= 0.6 is 0 Å². The van der Waals surface area contributed by atoms with Crippen molar-refractivity contribution in [3.63, 3.8) is 0 Å². The van der Waals surface area contributed by atoms with Gasteiger partial charge in [0.25, 0.3) is 5.78 Å². The standard InChI is InChI=1S/C8H6O2.C2H6/c9-6-8(10)7-4-2-1-3-5-7;1-2/h1-6H;1-2H3/p+1. The van der Waals surface area contributed by atoms with Crippen molar-refractivity contribution in [2.45, 2.75) is 13.8 Å². The topological polar surface area (TPSA) is 38.5 Å². The van der Waals surface area contributed by atoms with Crippen LogP contribution in [-0.2, 0) is 0 Å². The summed E-state index contributed by atoms with van der Waals surface area (Å²) in [4.78, 5) is 19.0. The highest BCUT2D eigenvalue weighted by Crippen LogP contribution is 1.96. The lowest BCUT2D eigenvalue weighted by molar-refractivity contribution is 0.106. The van der Waals surface area contributed by atoms with E-state index in [1.165, 1.54) is 0 Å². The van der Waals surface area contributed by atoms with Crippen LogP contribution in [0.5, 0.6) is 0 Å². The molecule has 0 heterocycles. The van der Waals surface area contributed by atoms with Crippen LogP contribution in [0.4, 0.5) is 0 Å². The van der Waals surface area contributed by atoms with Crippen LogP contribution in [0.2, 0.25) is 0 Å². The maximum Gasteiger partial charge on any atom is 0.352 e. The van der Waals surface area contributed by atoms with Crippen molar-refractivity contribution in [1.29, 1.82) is 0 Å². The van der Waals surface area contributed by atoms with Gasteiger partial charge < -0.3 is 0 Å². The fourth-order valence-corrected chi connectivity index (χ4v) is 0.677. The molecular weight excluding hydrogens is 152 g/mol. The van der Waals surface area contributed by atoms with Crippen molar-refractivity contribution in [2.24, 2.45) is 0 Å². The summed E-state index contributed by atoms with van der Waals surface area (Å²) in [5.74, 6) is -0.361. The van der Waals surface area contributed by atoms with Crippen LogP contribution in [0.3, 0.4) is 0 Å². The molecule has 0 fully saturated rings. The van der Waals surface area contributed by atoms with Crippen LogP contribution in [0.1, 0.15) is 24.2 Å². The molecule has 0 bridgehead atoms. The molecule has 0 aliphatic carbocycles. The third-order valence-corrected chi connectivity index (χ3v) is 1.18. The molecule has 1 aromatic rings. The molecule has 1 rings (SSSR count). The van der Waals surface area contributed by atoms with E-state index < -0.39 is 0 Å². The van der Waals surface area contributed by atoms with Crippen LogP contribution in [0, 0.1) is 0 Å². The zero-order valence-electron chi connectivity index (χ0n) is 7.32. The number of carbonyl (C=O) groups is 1. The molecule has 0 aliphatic rings. The van der Waals surface area contributed by atoms with Crippen molar-refractivity contribution in [2.75, 3.05) is 0 Å². The second-order valence-electron chi connectivity index (χ2n) is 1.86. The predicted octanol–water partition coefficient (Wildman–Crippen LogP) is 2.07. The predicted molar refractivity (Wildman–Crippen MR) is 50.1 cm³/mol. The zero-order valence-corrected chi connectivity index (χ0v) is 7.32. The second-order valence-corrected chi connectivity index (χ2v) is 1.86. The highest BCUT2D eigenvalue weighted by molar-refractivity contribution is 6.33. The second kappa shape index (κ2) is 6.28. The summed E-state index contributed by atoms with van der Waals surface area (Å²) in [5, 5.41) is 0. The monoisotopic (exact) mass is 165 g/mol. The van der Waals surface area contributed by atoms with E-state index in [0.717, 1.165) is 0 Å². The number of hydrogen-bond acceptors (Lipinski definition) is 1. The first-order valence-electron chi connectivity index (χ1n) is 3.91. The molecule has 64 valence electrons. The van der Waals surface area contributed by atoms with Gasteiger partial charge in [-0.3, -0.25) is 9.59 Å². The van der Waals surface area contributed by atoms with Crippen LogP contribution < -0.4 is 0 Å². The number of aldehydes is 1. The third kappa shape index (κ3) is 3.10. The van der Waals surface area contributed by atoms with Crippen LogP contribution in [-0.4, -0.2) is 16.9 Å². The summed E-state index contributed by atoms with van der Waals surface area (Å²) in [6, 6.07) is 8.60. The lowest BCUT2D eigenvalue weighted by Crippen LogP contribution is -1.98. The van der Waals surface area contributed by atoms with E-state index in [1.807, 2.05) is 19.9 Å². The highest BCUT2D eigenvalue weighted by Gasteiger charge is 2.03. The number of carbonyl (C=O) groups excluding carboxylic acids is 2. The number of Topliss-reactive ketones (excluding diaryl/α,β-unsaturated/α-hetero) is 1. The molecule has 0 saturated carbocycles. The minimum atomic E-state index is -0.361. The molecule has 0 radical (unpaired) electrons. The van der Waals surface area contributed by atoms with Crippen molar-refractivity contribution in [3.05, 3.63) is 35.9 Å². The van der Waals surface area contributed by atoms with Gasteiger partial charge in [0.1, 0.15) is 0 Å². The normalized spacial score (nSPS) is 7.83. The number of benzene rings is 1. The van der Waals surface area contributed by atoms with Gasteiger partial charge in [-0.2, -0.15) is 0 Å². The van der Waals surface area contributed by atoms with E-state index in [9.17, 15) is 4.79 Å². The fourth-order valence-electron chi connectivity index (χ4n) is 0.677. The first-order chi connectivity index (χ1) is 5.84. The third-order valence-electron chi connectivity index (χ3n) is 1.18. The van der Waals surface area contributed by atoms with E-state index in [0.29, 0.717) is 11.8 Å². The van der Waals surface area contributed by atoms with Crippen molar-refractivity contribution >= 4 is 12.1 Å². The summed E-state index contributed by atoms with van der Waals surface area (Å²) in [6.45, 7) is 4.00. The van der Waals surface area contributed by atoms with Crippen molar-refractivity contribution in [3.8, 4) is 0 Å². The molecule has 0 spiro atoms. The maximum absolute atomic E-state index is 10.7. The Morgan fingerprint density at radius 2 is 1.75 bits per heavy atom. The van der Waals surface area contributed by atoms with E-state index in [-0.39, 0.29) is 5.78 Å². The summed E-state index contributed by atoms with van der Waals surface area (Å²) < 4.78 is 0. The Balaban J connectivity index is 0.000000561. The Bertz CT molecular complexity index is 239. The van der Waals surface area contributed by atoms with Gasteiger partial charge in [0.15, 0.2) is 0 Å². The molecule has 1 N–H and O–H groups in total. The average Bonchev–Trinajstić information content (AvgIpc) is 2.21. The highest BCUT2D eigenvalue weighted by atomic mass is 16.2. The SMILES string of the molecule is CC.O=C(C=[OH+])c1ccccc1. The Hall–Kier alpha value is -1.44. The summed E-state index contributed by atoms with van der Waals surface area (Å²) in [5.41, 5.74) is 0.505. The lowest BCUT2D eigenvalue weighted by atomic mass is 10.1. The van der Waals surface area contributed by atoms with Gasteiger partial charge >= 0.3 is 6.29 Å². The molecular formula is C10H13O2+. The van der Waals surface area contributed by atoms with Crippen LogP contribution in [0.15, 0.2) is 30.3 Å². The lowest BCUT2D eigenvalue weighted by Gasteiger charge is -1.86. The van der Waals surface area contributed by atoms with Crippen molar-refractivity contribution in [1.82, 2.24) is 0 Å². The summed E-state index contributed by atoms with van der Waals surface area (Å²) >= 11 is 0. The van der Waals surface area contributed by atoms with E-state index in [4.69, 9.17) is 4.79 Å². The average molecular weight is 165 g/mol. The van der Waals surface area contributed by atoms with Gasteiger partial charge in [-0.25, -0.2) is 0 Å². The first-order valence-corrected chi connectivity index (χ1v) is 3.91. The fraction of sp³-hybridized carbons (Fsp3) is 0.200. The van der Waals surface area contributed by atoms with E-state index in [2.05, 4.69) is 0 Å². The minimum absolute atomic E-state index is 0.361. The number of hydrogen-bond donors (Lipinski definition) is 0. The molecule has 0 unspecified atom stereocenters. The molecule has 0 atom stereocenters. The largest absolute Gasteiger partial charge is 0.352 e. The van der Waals surface area contributed by atoms with Gasteiger partial charge in [0, 0.05) is 5.56 Å². The Kier molecular flexibility index (Phi) is 5.53. The molecule has 0 aromatic heterocycles. The Morgan fingerprint density at radius 3 is 2.17 bits per heavy atom. The molecule has 2 nitrogen and oxygen atoms in total. The minimum Gasteiger partial charge on any atom is -0.279 e. The van der Waals surface area contributed by atoms with E-state index in [1.54, 1.807) is 24.3 Å². The molecule has 0 amide bonds. The molecule has 0 aliphatic heterocycles.